The van der Waals surface area contributed by atoms with Gasteiger partial charge in [-0.05, 0) is 26.3 Å². The molecule has 196 valence electrons. The molecule has 11 N–H and O–H groups in total. The fourth-order valence-electron chi connectivity index (χ4n) is 3.04. The molecular formula is C20H33N7O8. The molecule has 5 atom stereocenters. The van der Waals surface area contributed by atoms with Gasteiger partial charge in [0, 0.05) is 18.3 Å². The molecule has 0 aromatic carbocycles. The molecule has 1 aromatic rings. The van der Waals surface area contributed by atoms with Gasteiger partial charge < -0.3 is 47.7 Å². The van der Waals surface area contributed by atoms with Crippen LogP contribution in [0, 0.1) is 0 Å². The van der Waals surface area contributed by atoms with Crippen molar-refractivity contribution in [1.82, 2.24) is 25.9 Å². The second-order valence-electron chi connectivity index (χ2n) is 7.96. The van der Waals surface area contributed by atoms with Gasteiger partial charge in [0.1, 0.15) is 12.1 Å². The van der Waals surface area contributed by atoms with Gasteiger partial charge >= 0.3 is 11.9 Å². The van der Waals surface area contributed by atoms with Crippen molar-refractivity contribution in [3.05, 3.63) is 18.2 Å². The number of hydrogen-bond acceptors (Lipinski definition) is 9. The molecular weight excluding hydrogens is 466 g/mol. The zero-order valence-corrected chi connectivity index (χ0v) is 19.3. The SMILES string of the molecule is CC(O)C(NC(=O)C(Cc1cnc[nH]1)NC(=O)C(CC(=O)O)NC(=O)C(N)CCCCN)C(=O)O. The van der Waals surface area contributed by atoms with E-state index < -0.39 is 66.4 Å². The Hall–Kier alpha value is -3.56. The van der Waals surface area contributed by atoms with Gasteiger partial charge in [0.15, 0.2) is 6.04 Å². The van der Waals surface area contributed by atoms with Crippen molar-refractivity contribution in [3.8, 4) is 0 Å². The van der Waals surface area contributed by atoms with Crippen molar-refractivity contribution in [1.29, 1.82) is 0 Å². The van der Waals surface area contributed by atoms with Crippen LogP contribution in [-0.4, -0.2) is 91.8 Å². The minimum Gasteiger partial charge on any atom is -0.481 e. The highest BCUT2D eigenvalue weighted by molar-refractivity contribution is 5.95. The van der Waals surface area contributed by atoms with Crippen LogP contribution >= 0.6 is 0 Å². The van der Waals surface area contributed by atoms with E-state index in [1.165, 1.54) is 12.5 Å². The number of carbonyl (C=O) groups excluding carboxylic acids is 3. The lowest BCUT2D eigenvalue weighted by molar-refractivity contribution is -0.145. The molecule has 3 amide bonds. The van der Waals surface area contributed by atoms with Gasteiger partial charge in [-0.3, -0.25) is 19.2 Å². The van der Waals surface area contributed by atoms with Crippen LogP contribution in [-0.2, 0) is 30.4 Å². The van der Waals surface area contributed by atoms with E-state index in [0.29, 0.717) is 25.1 Å². The van der Waals surface area contributed by atoms with Crippen molar-refractivity contribution >= 4 is 29.7 Å². The van der Waals surface area contributed by atoms with Gasteiger partial charge in [0.25, 0.3) is 0 Å². The number of amides is 3. The third kappa shape index (κ3) is 10.5. The second kappa shape index (κ2) is 14.6. The number of nitrogens with zero attached hydrogens (tertiary/aromatic N) is 1. The molecule has 1 aromatic heterocycles. The molecule has 0 aliphatic rings. The summed E-state index contributed by atoms with van der Waals surface area (Å²) < 4.78 is 0. The monoisotopic (exact) mass is 499 g/mol. The lowest BCUT2D eigenvalue weighted by Gasteiger charge is -2.25. The van der Waals surface area contributed by atoms with E-state index in [1.807, 2.05) is 0 Å². The number of H-pyrrole nitrogens is 1. The Labute approximate surface area is 201 Å². The maximum atomic E-state index is 12.9. The van der Waals surface area contributed by atoms with Crippen molar-refractivity contribution < 1.29 is 39.3 Å². The predicted molar refractivity (Wildman–Crippen MR) is 121 cm³/mol. The average molecular weight is 500 g/mol. The summed E-state index contributed by atoms with van der Waals surface area (Å²) in [6.07, 6.45) is 1.74. The first kappa shape index (κ1) is 29.5. The van der Waals surface area contributed by atoms with Crippen LogP contribution in [0.4, 0.5) is 0 Å². The standard InChI is InChI=1S/C20H33N7O8/c1-10(28)16(20(34)35)27-19(33)13(6-11-8-23-9-24-11)26-18(32)14(7-15(29)30)25-17(31)12(22)4-2-3-5-21/h8-10,12-14,16,28H,2-7,21-22H2,1H3,(H,23,24)(H,25,31)(H,26,32)(H,27,33)(H,29,30)(H,34,35). The van der Waals surface area contributed by atoms with Crippen LogP contribution in [0.1, 0.15) is 38.3 Å². The fraction of sp³-hybridized carbons (Fsp3) is 0.600. The number of nitrogens with one attached hydrogen (secondary N) is 4. The number of carboxylic acid groups (broad SMARTS) is 2. The fourth-order valence-corrected chi connectivity index (χ4v) is 3.04. The smallest absolute Gasteiger partial charge is 0.328 e. The van der Waals surface area contributed by atoms with Crippen LogP contribution in [0.25, 0.3) is 0 Å². The summed E-state index contributed by atoms with van der Waals surface area (Å²) in [5.41, 5.74) is 11.6. The van der Waals surface area contributed by atoms with E-state index in [-0.39, 0.29) is 12.8 Å². The van der Waals surface area contributed by atoms with Crippen LogP contribution in [0.5, 0.6) is 0 Å². The van der Waals surface area contributed by atoms with Crippen LogP contribution in [0.15, 0.2) is 12.5 Å². The van der Waals surface area contributed by atoms with Crippen molar-refractivity contribution in [2.24, 2.45) is 11.5 Å². The quantitative estimate of drug-likeness (QED) is 0.102. The summed E-state index contributed by atoms with van der Waals surface area (Å²) in [6.45, 7) is 1.58. The van der Waals surface area contributed by atoms with Crippen LogP contribution < -0.4 is 27.4 Å². The Morgan fingerprint density at radius 1 is 1.03 bits per heavy atom. The third-order valence-electron chi connectivity index (χ3n) is 4.98. The van der Waals surface area contributed by atoms with Gasteiger partial charge in [0.2, 0.25) is 17.7 Å². The Morgan fingerprint density at radius 3 is 2.17 bits per heavy atom. The van der Waals surface area contributed by atoms with E-state index in [1.54, 1.807) is 0 Å². The van der Waals surface area contributed by atoms with Gasteiger partial charge in [-0.25, -0.2) is 9.78 Å². The van der Waals surface area contributed by atoms with Crippen molar-refractivity contribution in [2.45, 2.75) is 69.3 Å². The molecule has 0 fully saturated rings. The number of nitrogens with two attached hydrogens (primary N) is 2. The zero-order chi connectivity index (χ0) is 26.5. The molecule has 5 unspecified atom stereocenters. The second-order valence-corrected chi connectivity index (χ2v) is 7.96. The van der Waals surface area contributed by atoms with E-state index in [2.05, 4.69) is 25.9 Å². The summed E-state index contributed by atoms with van der Waals surface area (Å²) in [5.74, 6) is -5.60. The third-order valence-corrected chi connectivity index (χ3v) is 4.98. The van der Waals surface area contributed by atoms with E-state index in [9.17, 15) is 39.3 Å². The highest BCUT2D eigenvalue weighted by Gasteiger charge is 2.33. The first-order valence-corrected chi connectivity index (χ1v) is 10.9. The number of aliphatic hydroxyl groups excluding tert-OH is 1. The molecule has 1 heterocycles. The molecule has 0 radical (unpaired) electrons. The summed E-state index contributed by atoms with van der Waals surface area (Å²) in [5, 5.41) is 34.8. The van der Waals surface area contributed by atoms with Gasteiger partial charge in [-0.2, -0.15) is 0 Å². The maximum absolute atomic E-state index is 12.9. The zero-order valence-electron chi connectivity index (χ0n) is 19.3. The largest absolute Gasteiger partial charge is 0.481 e. The number of imidazole rings is 1. The highest BCUT2D eigenvalue weighted by atomic mass is 16.4. The first-order valence-electron chi connectivity index (χ1n) is 10.9. The van der Waals surface area contributed by atoms with Crippen molar-refractivity contribution in [3.63, 3.8) is 0 Å². The number of aliphatic carboxylic acids is 2. The minimum absolute atomic E-state index is 0.171. The van der Waals surface area contributed by atoms with Gasteiger partial charge in [-0.15, -0.1) is 0 Å². The Morgan fingerprint density at radius 2 is 1.66 bits per heavy atom. The van der Waals surface area contributed by atoms with E-state index in [0.717, 1.165) is 6.92 Å². The maximum Gasteiger partial charge on any atom is 0.328 e. The molecule has 15 nitrogen and oxygen atoms in total. The summed E-state index contributed by atoms with van der Waals surface area (Å²) in [4.78, 5) is 67.2. The Kier molecular flexibility index (Phi) is 12.3. The lowest BCUT2D eigenvalue weighted by atomic mass is 10.1. The normalized spacial score (nSPS) is 15.2. The molecule has 1 rings (SSSR count). The molecule has 0 bridgehead atoms. The number of carboxylic acids is 2. The minimum atomic E-state index is -1.66. The summed E-state index contributed by atoms with van der Waals surface area (Å²) in [6, 6.07) is -5.62. The summed E-state index contributed by atoms with van der Waals surface area (Å²) in [7, 11) is 0. The van der Waals surface area contributed by atoms with E-state index in [4.69, 9.17) is 11.5 Å². The number of aromatic nitrogens is 2. The van der Waals surface area contributed by atoms with Gasteiger partial charge in [0.05, 0.1) is 24.9 Å². The summed E-state index contributed by atoms with van der Waals surface area (Å²) >= 11 is 0. The molecule has 0 aliphatic heterocycles. The highest BCUT2D eigenvalue weighted by Crippen LogP contribution is 2.05. The number of hydrogen-bond donors (Lipinski definition) is 9. The topological polar surface area (TPSA) is 263 Å². The molecule has 0 saturated heterocycles. The molecule has 35 heavy (non-hydrogen) atoms. The molecule has 0 spiro atoms. The number of unbranched alkanes of at least 4 members (excludes halogenated alkanes) is 1. The molecule has 0 aliphatic carbocycles. The van der Waals surface area contributed by atoms with Crippen molar-refractivity contribution in [2.75, 3.05) is 6.54 Å². The van der Waals surface area contributed by atoms with E-state index >= 15 is 0 Å². The predicted octanol–water partition coefficient (Wildman–Crippen LogP) is -3.20. The Bertz CT molecular complexity index is 862. The number of aromatic amines is 1. The first-order chi connectivity index (χ1) is 16.5. The lowest BCUT2D eigenvalue weighted by Crippen LogP contribution is -2.59. The Balaban J connectivity index is 3.02. The van der Waals surface area contributed by atoms with Gasteiger partial charge in [-0.1, -0.05) is 6.42 Å². The number of rotatable bonds is 16. The number of carbonyl (C=O) groups is 5. The van der Waals surface area contributed by atoms with Crippen LogP contribution in [0.3, 0.4) is 0 Å². The molecule has 15 heteroatoms. The van der Waals surface area contributed by atoms with Crippen LogP contribution in [0.2, 0.25) is 0 Å². The molecule has 0 saturated carbocycles. The average Bonchev–Trinajstić information content (AvgIpc) is 3.28. The number of aliphatic hydroxyl groups is 1.